The van der Waals surface area contributed by atoms with Crippen LogP contribution in [0, 0.1) is 0 Å². The molecule has 0 bridgehead atoms. The van der Waals surface area contributed by atoms with Gasteiger partial charge in [-0.05, 0) is 60.1 Å². The number of rotatable bonds is 2. The molecule has 82 valence electrons. The Hall–Kier alpha value is -1.70. The lowest BCUT2D eigenvalue weighted by Crippen LogP contribution is -1.97. The van der Waals surface area contributed by atoms with Crippen molar-refractivity contribution < 1.29 is 5.11 Å². The van der Waals surface area contributed by atoms with E-state index in [0.29, 0.717) is 11.7 Å². The third-order valence-electron chi connectivity index (χ3n) is 3.48. The summed E-state index contributed by atoms with van der Waals surface area (Å²) in [6, 6.07) is 7.90. The van der Waals surface area contributed by atoms with Gasteiger partial charge in [-0.1, -0.05) is 6.07 Å². The highest BCUT2D eigenvalue weighted by molar-refractivity contribution is 5.41. The molecular formula is C14H15NO. The quantitative estimate of drug-likeness (QED) is 0.790. The number of fused-ring (bicyclic) bond motifs is 1. The number of hydrogen-bond acceptors (Lipinski definition) is 1. The van der Waals surface area contributed by atoms with E-state index in [1.807, 2.05) is 12.3 Å². The van der Waals surface area contributed by atoms with Crippen LogP contribution < -0.4 is 0 Å². The molecule has 0 saturated carbocycles. The Morgan fingerprint density at radius 1 is 1.31 bits per heavy atom. The second kappa shape index (κ2) is 3.71. The minimum absolute atomic E-state index is 0.389. The molecule has 16 heavy (non-hydrogen) atoms. The number of aromatic nitrogens is 1. The molecule has 1 unspecified atom stereocenters. The van der Waals surface area contributed by atoms with Crippen molar-refractivity contribution in [3.8, 4) is 5.75 Å². The fraction of sp³-hybridized carbons (Fsp3) is 0.286. The maximum Gasteiger partial charge on any atom is 0.115 e. The molecule has 2 aromatic rings. The number of phenolic OH excluding ortho intramolecular Hbond substituents is 1. The van der Waals surface area contributed by atoms with Gasteiger partial charge in [-0.25, -0.2) is 0 Å². The second-order valence-corrected chi connectivity index (χ2v) is 4.54. The van der Waals surface area contributed by atoms with E-state index in [9.17, 15) is 5.11 Å². The van der Waals surface area contributed by atoms with Crippen LogP contribution in [0.2, 0.25) is 0 Å². The maximum atomic E-state index is 9.53. The average molecular weight is 213 g/mol. The molecule has 0 aliphatic heterocycles. The molecule has 3 rings (SSSR count). The summed E-state index contributed by atoms with van der Waals surface area (Å²) >= 11 is 0. The average Bonchev–Trinajstić information content (AvgIpc) is 2.90. The molecule has 1 aliphatic carbocycles. The molecule has 0 spiro atoms. The van der Waals surface area contributed by atoms with Crippen LogP contribution in [0.5, 0.6) is 5.75 Å². The van der Waals surface area contributed by atoms with Crippen molar-refractivity contribution in [2.75, 3.05) is 0 Å². The van der Waals surface area contributed by atoms with Crippen LogP contribution in [-0.4, -0.2) is 10.1 Å². The van der Waals surface area contributed by atoms with E-state index in [-0.39, 0.29) is 0 Å². The van der Waals surface area contributed by atoms with Crippen LogP contribution in [0.15, 0.2) is 36.7 Å². The minimum Gasteiger partial charge on any atom is -0.508 e. The number of aromatic amines is 1. The van der Waals surface area contributed by atoms with E-state index in [1.165, 1.54) is 23.1 Å². The molecule has 2 heteroatoms. The van der Waals surface area contributed by atoms with Gasteiger partial charge in [-0.15, -0.1) is 0 Å². The van der Waals surface area contributed by atoms with Crippen molar-refractivity contribution >= 4 is 0 Å². The van der Waals surface area contributed by atoms with Crippen molar-refractivity contribution in [3.05, 3.63) is 53.3 Å². The number of hydrogen-bond donors (Lipinski definition) is 2. The van der Waals surface area contributed by atoms with E-state index >= 15 is 0 Å². The summed E-state index contributed by atoms with van der Waals surface area (Å²) in [5.74, 6) is 0.956. The van der Waals surface area contributed by atoms with Gasteiger partial charge in [0.05, 0.1) is 0 Å². The summed E-state index contributed by atoms with van der Waals surface area (Å²) in [5.41, 5.74) is 4.08. The van der Waals surface area contributed by atoms with Gasteiger partial charge in [0, 0.05) is 12.4 Å². The summed E-state index contributed by atoms with van der Waals surface area (Å²) in [5, 5.41) is 9.53. The van der Waals surface area contributed by atoms with Crippen molar-refractivity contribution in [2.24, 2.45) is 0 Å². The van der Waals surface area contributed by atoms with Crippen molar-refractivity contribution in [2.45, 2.75) is 25.2 Å². The molecule has 0 radical (unpaired) electrons. The predicted octanol–water partition coefficient (Wildman–Crippen LogP) is 2.99. The van der Waals surface area contributed by atoms with Crippen molar-refractivity contribution in [1.82, 2.24) is 4.98 Å². The number of benzene rings is 1. The summed E-state index contributed by atoms with van der Waals surface area (Å²) in [7, 11) is 0. The highest BCUT2D eigenvalue weighted by Crippen LogP contribution is 2.37. The lowest BCUT2D eigenvalue weighted by molar-refractivity contribution is 0.474. The number of aromatic hydroxyl groups is 1. The first-order chi connectivity index (χ1) is 7.83. The molecule has 1 aromatic heterocycles. The molecular weight excluding hydrogens is 198 g/mol. The van der Waals surface area contributed by atoms with Crippen LogP contribution in [0.25, 0.3) is 0 Å². The van der Waals surface area contributed by atoms with Gasteiger partial charge in [-0.3, -0.25) is 0 Å². The summed E-state index contributed by atoms with van der Waals surface area (Å²) in [6.07, 6.45) is 7.43. The monoisotopic (exact) mass is 213 g/mol. The Labute approximate surface area is 94.9 Å². The van der Waals surface area contributed by atoms with Crippen LogP contribution in [0.4, 0.5) is 0 Å². The molecule has 2 nitrogen and oxygen atoms in total. The smallest absolute Gasteiger partial charge is 0.115 e. The first-order valence-corrected chi connectivity index (χ1v) is 5.76. The Kier molecular flexibility index (Phi) is 2.21. The number of H-pyrrole nitrogens is 1. The summed E-state index contributed by atoms with van der Waals surface area (Å²) < 4.78 is 0. The fourth-order valence-corrected chi connectivity index (χ4v) is 2.66. The molecule has 0 fully saturated rings. The maximum absolute atomic E-state index is 9.53. The van der Waals surface area contributed by atoms with Crippen molar-refractivity contribution in [3.63, 3.8) is 0 Å². The van der Waals surface area contributed by atoms with Gasteiger partial charge in [-0.2, -0.15) is 0 Å². The Balaban J connectivity index is 1.88. The standard InChI is InChI=1S/C14H15NO/c16-13-4-3-11-1-2-12(14(11)8-13)7-10-5-6-15-9-10/h3-6,8-9,12,15-16H,1-2,7H2. The lowest BCUT2D eigenvalue weighted by Gasteiger charge is -2.10. The Bertz CT molecular complexity index is 487. The van der Waals surface area contributed by atoms with Crippen LogP contribution in [0.3, 0.4) is 0 Å². The predicted molar refractivity (Wildman–Crippen MR) is 63.7 cm³/mol. The Morgan fingerprint density at radius 2 is 2.25 bits per heavy atom. The number of nitrogens with one attached hydrogen (secondary N) is 1. The normalized spacial score (nSPS) is 18.6. The van der Waals surface area contributed by atoms with E-state index in [2.05, 4.69) is 23.3 Å². The zero-order chi connectivity index (χ0) is 11.0. The summed E-state index contributed by atoms with van der Waals surface area (Å²) in [4.78, 5) is 3.09. The molecule has 1 heterocycles. The molecule has 0 saturated heterocycles. The first kappa shape index (κ1) is 9.52. The topological polar surface area (TPSA) is 36.0 Å². The first-order valence-electron chi connectivity index (χ1n) is 5.76. The molecule has 1 atom stereocenters. The van der Waals surface area contributed by atoms with Crippen LogP contribution in [0.1, 0.15) is 29.0 Å². The minimum atomic E-state index is 0.389. The zero-order valence-electron chi connectivity index (χ0n) is 9.11. The highest BCUT2D eigenvalue weighted by Gasteiger charge is 2.22. The Morgan fingerprint density at radius 3 is 3.06 bits per heavy atom. The number of aryl methyl sites for hydroxylation is 1. The van der Waals surface area contributed by atoms with Gasteiger partial charge >= 0.3 is 0 Å². The zero-order valence-corrected chi connectivity index (χ0v) is 9.11. The van der Waals surface area contributed by atoms with Gasteiger partial charge < -0.3 is 10.1 Å². The third kappa shape index (κ3) is 1.60. The number of phenols is 1. The van der Waals surface area contributed by atoms with Gasteiger partial charge in [0.25, 0.3) is 0 Å². The SMILES string of the molecule is Oc1ccc2c(c1)C(Cc1cc[nH]c1)CC2. The highest BCUT2D eigenvalue weighted by atomic mass is 16.3. The fourth-order valence-electron chi connectivity index (χ4n) is 2.66. The third-order valence-corrected chi connectivity index (χ3v) is 3.48. The van der Waals surface area contributed by atoms with E-state index < -0.39 is 0 Å². The van der Waals surface area contributed by atoms with Crippen LogP contribution in [-0.2, 0) is 12.8 Å². The summed E-state index contributed by atoms with van der Waals surface area (Å²) in [6.45, 7) is 0. The van der Waals surface area contributed by atoms with Gasteiger partial charge in [0.15, 0.2) is 0 Å². The van der Waals surface area contributed by atoms with Crippen LogP contribution >= 0.6 is 0 Å². The molecule has 1 aromatic carbocycles. The molecule has 0 amide bonds. The molecule has 1 aliphatic rings. The van der Waals surface area contributed by atoms with Gasteiger partial charge in [0.1, 0.15) is 5.75 Å². The molecule has 2 N–H and O–H groups in total. The van der Waals surface area contributed by atoms with Crippen molar-refractivity contribution in [1.29, 1.82) is 0 Å². The van der Waals surface area contributed by atoms with E-state index in [1.54, 1.807) is 6.07 Å². The van der Waals surface area contributed by atoms with E-state index in [4.69, 9.17) is 0 Å². The second-order valence-electron chi connectivity index (χ2n) is 4.54. The lowest BCUT2D eigenvalue weighted by atomic mass is 9.95. The van der Waals surface area contributed by atoms with E-state index in [0.717, 1.165) is 12.8 Å². The van der Waals surface area contributed by atoms with Gasteiger partial charge in [0.2, 0.25) is 0 Å². The largest absolute Gasteiger partial charge is 0.508 e.